The van der Waals surface area contributed by atoms with Gasteiger partial charge in [-0.1, -0.05) is 0 Å². The lowest BCUT2D eigenvalue weighted by atomic mass is 10.2. The lowest BCUT2D eigenvalue weighted by Crippen LogP contribution is -2.24. The highest BCUT2D eigenvalue weighted by Gasteiger charge is 2.10. The molecule has 0 heterocycles. The molecule has 0 saturated heterocycles. The van der Waals surface area contributed by atoms with Crippen LogP contribution in [0.15, 0.2) is 0 Å². The van der Waals surface area contributed by atoms with Gasteiger partial charge < -0.3 is 10.5 Å². The highest BCUT2D eigenvalue weighted by Crippen LogP contribution is 2.06. The molecule has 14 heavy (non-hydrogen) atoms. The van der Waals surface area contributed by atoms with E-state index < -0.39 is 10.8 Å². The van der Waals surface area contributed by atoms with Crippen molar-refractivity contribution in [2.75, 3.05) is 18.1 Å². The van der Waals surface area contributed by atoms with Crippen LogP contribution in [0.5, 0.6) is 0 Å². The maximum Gasteiger partial charge on any atom is 0.0598 e. The molecule has 0 fully saturated rings. The largest absolute Gasteiger partial charge is 0.375 e. The summed E-state index contributed by atoms with van der Waals surface area (Å²) in [4.78, 5) is 0. The van der Waals surface area contributed by atoms with Crippen molar-refractivity contribution in [1.29, 1.82) is 0 Å². The van der Waals surface area contributed by atoms with Gasteiger partial charge in [0.2, 0.25) is 0 Å². The lowest BCUT2D eigenvalue weighted by molar-refractivity contribution is 0.00669. The van der Waals surface area contributed by atoms with Crippen molar-refractivity contribution in [3.05, 3.63) is 0 Å². The molecule has 0 radical (unpaired) electrons. The second-order valence-corrected chi connectivity index (χ2v) is 6.27. The zero-order chi connectivity index (χ0) is 11.2. The predicted molar refractivity (Wildman–Crippen MR) is 61.8 cm³/mol. The molecule has 0 aromatic heterocycles. The monoisotopic (exact) mass is 221 g/mol. The summed E-state index contributed by atoms with van der Waals surface area (Å²) in [5.74, 6) is 1.30. The first-order chi connectivity index (χ1) is 6.31. The van der Waals surface area contributed by atoms with Gasteiger partial charge in [-0.15, -0.1) is 0 Å². The Morgan fingerprint density at radius 2 is 1.93 bits per heavy atom. The van der Waals surface area contributed by atoms with Gasteiger partial charge in [-0.25, -0.2) is 0 Å². The number of hydrogen-bond donors (Lipinski definition) is 1. The minimum Gasteiger partial charge on any atom is -0.375 e. The zero-order valence-electron chi connectivity index (χ0n) is 9.71. The number of hydrogen-bond acceptors (Lipinski definition) is 3. The van der Waals surface area contributed by atoms with Gasteiger partial charge in [0.05, 0.1) is 12.2 Å². The van der Waals surface area contributed by atoms with Crippen molar-refractivity contribution in [1.82, 2.24) is 0 Å². The van der Waals surface area contributed by atoms with Crippen molar-refractivity contribution >= 4 is 10.8 Å². The molecule has 0 aromatic carbocycles. The highest BCUT2D eigenvalue weighted by atomic mass is 32.2. The summed E-state index contributed by atoms with van der Waals surface area (Å²) in [7, 11) is -0.780. The summed E-state index contributed by atoms with van der Waals surface area (Å²) < 4.78 is 16.9. The average Bonchev–Trinajstić information content (AvgIpc) is 1.98. The topological polar surface area (TPSA) is 52.3 Å². The average molecular weight is 221 g/mol. The standard InChI is InChI=1S/C10H23NO2S/c1-9(11)5-7-14(12)8-6-13-10(2,3)4/h9H,5-8,11H2,1-4H3. The third kappa shape index (κ3) is 10.2. The van der Waals surface area contributed by atoms with E-state index in [-0.39, 0.29) is 11.6 Å². The molecule has 0 saturated carbocycles. The maximum absolute atomic E-state index is 11.4. The molecule has 0 aliphatic carbocycles. The first-order valence-corrected chi connectivity index (χ1v) is 6.54. The molecule has 0 amide bonds. The van der Waals surface area contributed by atoms with Crippen LogP contribution in [-0.2, 0) is 15.5 Å². The van der Waals surface area contributed by atoms with Crippen LogP contribution < -0.4 is 5.73 Å². The molecule has 4 heteroatoms. The zero-order valence-corrected chi connectivity index (χ0v) is 10.5. The van der Waals surface area contributed by atoms with E-state index in [2.05, 4.69) is 0 Å². The molecule has 2 atom stereocenters. The fraction of sp³-hybridized carbons (Fsp3) is 1.00. The summed E-state index contributed by atoms with van der Waals surface area (Å²) in [5.41, 5.74) is 5.44. The molecule has 0 bridgehead atoms. The molecule has 3 nitrogen and oxygen atoms in total. The van der Waals surface area contributed by atoms with E-state index in [1.807, 2.05) is 27.7 Å². The van der Waals surface area contributed by atoms with Gasteiger partial charge in [-0.2, -0.15) is 0 Å². The molecular weight excluding hydrogens is 198 g/mol. The third-order valence-corrected chi connectivity index (χ3v) is 2.96. The van der Waals surface area contributed by atoms with E-state index in [1.54, 1.807) is 0 Å². The van der Waals surface area contributed by atoms with Crippen LogP contribution in [0.4, 0.5) is 0 Å². The molecule has 0 aromatic rings. The van der Waals surface area contributed by atoms with Gasteiger partial charge in [-0.3, -0.25) is 4.21 Å². The van der Waals surface area contributed by atoms with Crippen molar-refractivity contribution in [3.63, 3.8) is 0 Å². The van der Waals surface area contributed by atoms with E-state index in [0.717, 1.165) is 6.42 Å². The van der Waals surface area contributed by atoms with Gasteiger partial charge in [0.25, 0.3) is 0 Å². The molecule has 86 valence electrons. The maximum atomic E-state index is 11.4. The normalized spacial score (nSPS) is 16.6. The van der Waals surface area contributed by atoms with Gasteiger partial charge in [0.15, 0.2) is 0 Å². The molecule has 0 aliphatic rings. The summed E-state index contributed by atoms with van der Waals surface area (Å²) in [5, 5.41) is 0. The Kier molecular flexibility index (Phi) is 6.57. The number of nitrogens with two attached hydrogens (primary N) is 1. The van der Waals surface area contributed by atoms with E-state index >= 15 is 0 Å². The summed E-state index contributed by atoms with van der Waals surface area (Å²) in [6.45, 7) is 8.49. The van der Waals surface area contributed by atoms with Crippen LogP contribution in [0.1, 0.15) is 34.1 Å². The highest BCUT2D eigenvalue weighted by molar-refractivity contribution is 7.84. The van der Waals surface area contributed by atoms with Crippen LogP contribution in [0.3, 0.4) is 0 Å². The summed E-state index contributed by atoms with van der Waals surface area (Å²) in [6, 6.07) is 0.141. The molecule has 2 unspecified atom stereocenters. The Hall–Kier alpha value is 0.0700. The van der Waals surface area contributed by atoms with Gasteiger partial charge >= 0.3 is 0 Å². The third-order valence-electron chi connectivity index (χ3n) is 1.65. The van der Waals surface area contributed by atoms with Crippen molar-refractivity contribution < 1.29 is 8.95 Å². The quantitative estimate of drug-likeness (QED) is 0.735. The van der Waals surface area contributed by atoms with Gasteiger partial charge in [0.1, 0.15) is 0 Å². The fourth-order valence-electron chi connectivity index (χ4n) is 0.860. The van der Waals surface area contributed by atoms with Crippen molar-refractivity contribution in [3.8, 4) is 0 Å². The molecule has 0 aliphatic heterocycles. The van der Waals surface area contributed by atoms with E-state index in [4.69, 9.17) is 10.5 Å². The van der Waals surface area contributed by atoms with Crippen LogP contribution in [0, 0.1) is 0 Å². The Bertz CT molecular complexity index is 175. The summed E-state index contributed by atoms with van der Waals surface area (Å²) >= 11 is 0. The first kappa shape index (κ1) is 14.1. The summed E-state index contributed by atoms with van der Waals surface area (Å²) in [6.07, 6.45) is 0.822. The minimum absolute atomic E-state index is 0.134. The predicted octanol–water partition coefficient (Wildman–Crippen LogP) is 1.29. The Balaban J connectivity index is 3.46. The second kappa shape index (κ2) is 6.53. The SMILES string of the molecule is CC(N)CCS(=O)CCOC(C)(C)C. The second-order valence-electron chi connectivity index (χ2n) is 4.57. The van der Waals surface area contributed by atoms with Crippen LogP contribution in [0.25, 0.3) is 0 Å². The fourth-order valence-corrected chi connectivity index (χ4v) is 1.97. The Morgan fingerprint density at radius 3 is 2.36 bits per heavy atom. The number of rotatable bonds is 6. The molecule has 0 rings (SSSR count). The smallest absolute Gasteiger partial charge is 0.0598 e. The minimum atomic E-state index is -0.780. The van der Waals surface area contributed by atoms with Gasteiger partial charge in [-0.05, 0) is 34.1 Å². The molecule has 0 spiro atoms. The van der Waals surface area contributed by atoms with E-state index in [1.165, 1.54) is 0 Å². The Morgan fingerprint density at radius 1 is 1.36 bits per heavy atom. The lowest BCUT2D eigenvalue weighted by Gasteiger charge is -2.19. The van der Waals surface area contributed by atoms with Gasteiger partial charge in [0, 0.05) is 28.3 Å². The Labute approximate surface area is 89.9 Å². The van der Waals surface area contributed by atoms with E-state index in [0.29, 0.717) is 18.1 Å². The van der Waals surface area contributed by atoms with Crippen molar-refractivity contribution in [2.24, 2.45) is 5.73 Å². The van der Waals surface area contributed by atoms with Crippen molar-refractivity contribution in [2.45, 2.75) is 45.8 Å². The van der Waals surface area contributed by atoms with E-state index in [9.17, 15) is 4.21 Å². The number of ether oxygens (including phenoxy) is 1. The van der Waals surface area contributed by atoms with Crippen LogP contribution in [-0.4, -0.2) is 34.0 Å². The molecular formula is C10H23NO2S. The first-order valence-electron chi connectivity index (χ1n) is 5.06. The molecule has 2 N–H and O–H groups in total. The van der Waals surface area contributed by atoms with Crippen LogP contribution >= 0.6 is 0 Å². The van der Waals surface area contributed by atoms with Crippen LogP contribution in [0.2, 0.25) is 0 Å².